The maximum Gasteiger partial charge on any atom is 0.192 e. The predicted molar refractivity (Wildman–Crippen MR) is 133 cm³/mol. The number of aliphatic imine (C=N–C) groups is 1. The lowest BCUT2D eigenvalue weighted by atomic mass is 10.1. The molecule has 172 valence electrons. The van der Waals surface area contributed by atoms with Crippen molar-refractivity contribution < 1.29 is 9.84 Å². The molecule has 1 aliphatic rings. The molecule has 8 nitrogen and oxygen atoms in total. The topological polar surface area (TPSA) is 96.6 Å². The predicted octanol–water partition coefficient (Wildman–Crippen LogP) is 3.24. The Morgan fingerprint density at radius 3 is 2.48 bits per heavy atom. The Morgan fingerprint density at radius 1 is 1.23 bits per heavy atom. The van der Waals surface area contributed by atoms with Gasteiger partial charge in [0, 0.05) is 19.6 Å². The molecule has 3 N–H and O–H groups in total. The average Bonchev–Trinajstić information content (AvgIpc) is 3.34. The minimum atomic E-state index is -0.647. The summed E-state index contributed by atoms with van der Waals surface area (Å²) < 4.78 is 7.60. The second-order valence-corrected chi connectivity index (χ2v) is 8.15. The molecule has 1 unspecified atom stereocenters. The fraction of sp³-hybridized carbons (Fsp3) is 0.591. The number of nitrogens with one attached hydrogen (secondary N) is 2. The molecule has 1 fully saturated rings. The quantitative estimate of drug-likeness (QED) is 0.269. The molecule has 1 heterocycles. The summed E-state index contributed by atoms with van der Waals surface area (Å²) in [5.74, 6) is 3.17. The second kappa shape index (κ2) is 12.2. The molecule has 0 amide bonds. The number of aryl methyl sites for hydroxylation is 1. The van der Waals surface area contributed by atoms with Crippen LogP contribution in [0.25, 0.3) is 0 Å². The van der Waals surface area contributed by atoms with E-state index in [4.69, 9.17) is 4.74 Å². The van der Waals surface area contributed by atoms with E-state index in [-0.39, 0.29) is 30.1 Å². The van der Waals surface area contributed by atoms with E-state index in [1.807, 2.05) is 56.7 Å². The lowest BCUT2D eigenvalue weighted by Crippen LogP contribution is -2.43. The number of aliphatic hydroxyl groups is 1. The second-order valence-electron chi connectivity index (χ2n) is 8.15. The van der Waals surface area contributed by atoms with E-state index in [9.17, 15) is 5.11 Å². The number of halogens is 1. The Bertz CT molecular complexity index is 831. The number of hydrogen-bond donors (Lipinski definition) is 3. The van der Waals surface area contributed by atoms with Crippen molar-refractivity contribution in [3.8, 4) is 5.75 Å². The minimum absolute atomic E-state index is 0. The minimum Gasteiger partial charge on any atom is -0.491 e. The molecule has 1 saturated carbocycles. The molecule has 1 aromatic heterocycles. The molecule has 2 aromatic rings. The van der Waals surface area contributed by atoms with Crippen molar-refractivity contribution in [3.63, 3.8) is 0 Å². The van der Waals surface area contributed by atoms with Crippen LogP contribution in [0.2, 0.25) is 0 Å². The normalized spacial score (nSPS) is 15.6. The van der Waals surface area contributed by atoms with Crippen molar-refractivity contribution in [3.05, 3.63) is 41.5 Å². The van der Waals surface area contributed by atoms with Gasteiger partial charge >= 0.3 is 0 Å². The molecule has 3 rings (SSSR count). The number of rotatable bonds is 8. The smallest absolute Gasteiger partial charge is 0.192 e. The SMILES string of the molecule is Cc1nnc(CN=C(NCC(O)c2ccc(OC(C)C)cc2)NC2CCCC2)n1C.I. The largest absolute Gasteiger partial charge is 0.491 e. The zero-order valence-corrected chi connectivity index (χ0v) is 21.2. The van der Waals surface area contributed by atoms with Crippen molar-refractivity contribution >= 4 is 29.9 Å². The van der Waals surface area contributed by atoms with Gasteiger partial charge in [-0.2, -0.15) is 0 Å². The van der Waals surface area contributed by atoms with Gasteiger partial charge in [-0.05, 0) is 51.3 Å². The summed E-state index contributed by atoms with van der Waals surface area (Å²) in [6, 6.07) is 7.99. The molecule has 0 aliphatic heterocycles. The van der Waals surface area contributed by atoms with Crippen LogP contribution in [-0.2, 0) is 13.6 Å². The number of benzene rings is 1. The average molecular weight is 542 g/mol. The summed E-state index contributed by atoms with van der Waals surface area (Å²) >= 11 is 0. The van der Waals surface area contributed by atoms with Gasteiger partial charge in [-0.15, -0.1) is 34.2 Å². The van der Waals surface area contributed by atoms with Crippen molar-refractivity contribution in [2.75, 3.05) is 6.54 Å². The number of ether oxygens (including phenoxy) is 1. The first-order valence-electron chi connectivity index (χ1n) is 10.8. The summed E-state index contributed by atoms with van der Waals surface area (Å²) in [7, 11) is 1.94. The highest BCUT2D eigenvalue weighted by Gasteiger charge is 2.17. The van der Waals surface area contributed by atoms with Gasteiger partial charge in [-0.1, -0.05) is 25.0 Å². The van der Waals surface area contributed by atoms with Crippen LogP contribution >= 0.6 is 24.0 Å². The Labute approximate surface area is 201 Å². The van der Waals surface area contributed by atoms with E-state index in [0.717, 1.165) is 35.8 Å². The number of nitrogens with zero attached hydrogens (tertiary/aromatic N) is 4. The molecule has 1 aliphatic carbocycles. The van der Waals surface area contributed by atoms with E-state index < -0.39 is 6.10 Å². The fourth-order valence-corrected chi connectivity index (χ4v) is 3.51. The molecule has 1 atom stereocenters. The third-order valence-corrected chi connectivity index (χ3v) is 5.36. The monoisotopic (exact) mass is 542 g/mol. The van der Waals surface area contributed by atoms with Crippen LogP contribution in [0.15, 0.2) is 29.3 Å². The van der Waals surface area contributed by atoms with Gasteiger partial charge in [-0.3, -0.25) is 0 Å². The van der Waals surface area contributed by atoms with Crippen molar-refractivity contribution in [1.29, 1.82) is 0 Å². The van der Waals surface area contributed by atoms with Crippen LogP contribution in [0.4, 0.5) is 0 Å². The first-order chi connectivity index (χ1) is 14.4. The number of aliphatic hydroxyl groups excluding tert-OH is 1. The molecule has 0 bridgehead atoms. The van der Waals surface area contributed by atoms with E-state index in [1.165, 1.54) is 12.8 Å². The first-order valence-corrected chi connectivity index (χ1v) is 10.8. The Balaban J connectivity index is 0.00000341. The Kier molecular flexibility index (Phi) is 10.0. The summed E-state index contributed by atoms with van der Waals surface area (Å²) in [4.78, 5) is 4.68. The van der Waals surface area contributed by atoms with Crippen LogP contribution in [0, 0.1) is 6.92 Å². The molecule has 31 heavy (non-hydrogen) atoms. The zero-order chi connectivity index (χ0) is 21.5. The van der Waals surface area contributed by atoms with Gasteiger partial charge in [0.05, 0.1) is 12.2 Å². The highest BCUT2D eigenvalue weighted by atomic mass is 127. The van der Waals surface area contributed by atoms with Gasteiger partial charge in [0.2, 0.25) is 0 Å². The third kappa shape index (κ3) is 7.64. The van der Waals surface area contributed by atoms with E-state index in [1.54, 1.807) is 0 Å². The van der Waals surface area contributed by atoms with Gasteiger partial charge in [0.25, 0.3) is 0 Å². The molecular formula is C22H35IN6O2. The molecule has 0 saturated heterocycles. The highest BCUT2D eigenvalue weighted by Crippen LogP contribution is 2.19. The standard InChI is InChI=1S/C22H34N6O2.HI/c1-15(2)30-19-11-9-17(10-12-19)20(29)13-23-22(25-18-7-5-6-8-18)24-14-21-27-26-16(3)28(21)4;/h9-12,15,18,20,29H,5-8,13-14H2,1-4H3,(H2,23,24,25);1H. The summed E-state index contributed by atoms with van der Waals surface area (Å²) in [5, 5.41) is 25.7. The number of hydrogen-bond acceptors (Lipinski definition) is 5. The van der Waals surface area contributed by atoms with E-state index in [0.29, 0.717) is 25.1 Å². The van der Waals surface area contributed by atoms with Crippen LogP contribution < -0.4 is 15.4 Å². The third-order valence-electron chi connectivity index (χ3n) is 5.36. The lowest BCUT2D eigenvalue weighted by molar-refractivity contribution is 0.180. The molecule has 0 spiro atoms. The van der Waals surface area contributed by atoms with E-state index in [2.05, 4.69) is 25.8 Å². The number of aromatic nitrogens is 3. The maximum atomic E-state index is 10.6. The molecule has 1 aromatic carbocycles. The van der Waals surface area contributed by atoms with Crippen LogP contribution in [-0.4, -0.2) is 44.5 Å². The Hall–Kier alpha value is -1.88. The van der Waals surface area contributed by atoms with Gasteiger partial charge in [0.15, 0.2) is 11.8 Å². The Morgan fingerprint density at radius 2 is 1.90 bits per heavy atom. The maximum absolute atomic E-state index is 10.6. The fourth-order valence-electron chi connectivity index (χ4n) is 3.51. The highest BCUT2D eigenvalue weighted by molar-refractivity contribution is 14.0. The molecule has 0 radical (unpaired) electrons. The van der Waals surface area contributed by atoms with Crippen LogP contribution in [0.1, 0.15) is 62.8 Å². The first kappa shape index (κ1) is 25.4. The summed E-state index contributed by atoms with van der Waals surface area (Å²) in [5.41, 5.74) is 0.836. The number of guanidine groups is 1. The van der Waals surface area contributed by atoms with Crippen LogP contribution in [0.5, 0.6) is 5.75 Å². The van der Waals surface area contributed by atoms with Crippen molar-refractivity contribution in [2.45, 2.75) is 71.2 Å². The van der Waals surface area contributed by atoms with Crippen molar-refractivity contribution in [1.82, 2.24) is 25.4 Å². The van der Waals surface area contributed by atoms with Gasteiger partial charge < -0.3 is 25.0 Å². The summed E-state index contributed by atoms with van der Waals surface area (Å²) in [6.45, 7) is 6.70. The van der Waals surface area contributed by atoms with E-state index >= 15 is 0 Å². The van der Waals surface area contributed by atoms with Crippen molar-refractivity contribution in [2.24, 2.45) is 12.0 Å². The zero-order valence-electron chi connectivity index (χ0n) is 18.8. The molecule has 9 heteroatoms. The lowest BCUT2D eigenvalue weighted by Gasteiger charge is -2.19. The molecular weight excluding hydrogens is 507 g/mol. The van der Waals surface area contributed by atoms with Gasteiger partial charge in [0.1, 0.15) is 18.1 Å². The summed E-state index contributed by atoms with van der Waals surface area (Å²) in [6.07, 6.45) is 4.24. The van der Waals surface area contributed by atoms with Gasteiger partial charge in [-0.25, -0.2) is 4.99 Å². The van der Waals surface area contributed by atoms with Crippen LogP contribution in [0.3, 0.4) is 0 Å².